The molecule has 0 amide bonds. The van der Waals surface area contributed by atoms with Gasteiger partial charge in [-0.15, -0.1) is 0 Å². The zero-order chi connectivity index (χ0) is 21.5. The minimum Gasteiger partial charge on any atom is -0.481 e. The van der Waals surface area contributed by atoms with E-state index in [9.17, 15) is 4.79 Å². The smallest absolute Gasteiger partial charge is 0.303 e. The molecule has 0 aromatic heterocycles. The second kappa shape index (κ2) is 10.6. The number of ether oxygens (including phenoxy) is 1. The Hall–Kier alpha value is -2.59. The monoisotopic (exact) mass is 419 g/mol. The third-order valence-corrected chi connectivity index (χ3v) is 6.94. The maximum Gasteiger partial charge on any atom is 0.303 e. The number of carboxylic acids is 1. The summed E-state index contributed by atoms with van der Waals surface area (Å²) in [7, 11) is 0. The Kier molecular flexibility index (Phi) is 7.42. The highest BCUT2D eigenvalue weighted by Crippen LogP contribution is 2.49. The molecule has 2 aliphatic carbocycles. The van der Waals surface area contributed by atoms with Crippen molar-refractivity contribution >= 4 is 5.97 Å². The van der Waals surface area contributed by atoms with E-state index in [2.05, 4.69) is 53.9 Å². The van der Waals surface area contributed by atoms with Gasteiger partial charge in [0.2, 0.25) is 0 Å². The Morgan fingerprint density at radius 2 is 1.74 bits per heavy atom. The van der Waals surface area contributed by atoms with Gasteiger partial charge in [-0.05, 0) is 79.5 Å². The van der Waals surface area contributed by atoms with Gasteiger partial charge in [0.25, 0.3) is 0 Å². The number of allylic oxidation sites excluding steroid dienone is 2. The zero-order valence-corrected chi connectivity index (χ0v) is 18.1. The predicted molar refractivity (Wildman–Crippen MR) is 124 cm³/mol. The Morgan fingerprint density at radius 3 is 2.52 bits per heavy atom. The van der Waals surface area contributed by atoms with Crippen molar-refractivity contribution in [1.29, 1.82) is 0 Å². The molecule has 0 heterocycles. The molecule has 4 atom stereocenters. The lowest BCUT2D eigenvalue weighted by atomic mass is 9.82. The molecule has 2 fully saturated rings. The quantitative estimate of drug-likeness (QED) is 0.271. The molecule has 2 aliphatic rings. The first-order valence-corrected chi connectivity index (χ1v) is 11.6. The van der Waals surface area contributed by atoms with E-state index in [1.165, 1.54) is 30.4 Å². The van der Waals surface area contributed by atoms with Crippen molar-refractivity contribution in [3.63, 3.8) is 0 Å². The molecule has 0 saturated heterocycles. The van der Waals surface area contributed by atoms with Crippen LogP contribution in [0.5, 0.6) is 5.75 Å². The highest BCUT2D eigenvalue weighted by molar-refractivity contribution is 5.66. The molecule has 2 bridgehead atoms. The Bertz CT molecular complexity index is 862. The summed E-state index contributed by atoms with van der Waals surface area (Å²) in [5.74, 6) is 2.43. The molecule has 2 saturated carbocycles. The maximum atomic E-state index is 10.6. The largest absolute Gasteiger partial charge is 0.481 e. The third-order valence-electron chi connectivity index (χ3n) is 6.94. The minimum absolute atomic E-state index is 0.256. The van der Waals surface area contributed by atoms with Crippen LogP contribution >= 0.6 is 0 Å². The van der Waals surface area contributed by atoms with Crippen molar-refractivity contribution in [3.05, 3.63) is 66.7 Å². The average Bonchev–Trinajstić information content (AvgIpc) is 3.39. The van der Waals surface area contributed by atoms with Crippen molar-refractivity contribution in [2.45, 2.75) is 51.0 Å². The number of rotatable bonds is 11. The number of hydrogen-bond donors (Lipinski definition) is 2. The summed E-state index contributed by atoms with van der Waals surface area (Å²) >= 11 is 0. The van der Waals surface area contributed by atoms with Crippen molar-refractivity contribution in [3.8, 4) is 16.9 Å². The molecule has 2 aromatic carbocycles. The van der Waals surface area contributed by atoms with Gasteiger partial charge >= 0.3 is 5.97 Å². The van der Waals surface area contributed by atoms with Gasteiger partial charge in [-0.25, -0.2) is 0 Å². The topological polar surface area (TPSA) is 58.6 Å². The standard InChI is InChI=1S/C27H33NO3/c29-26(30)11-7-2-1-6-10-25-22-12-13-23(18-22)27(25)28-19-31-24-16-14-21(15-17-24)20-8-4-3-5-9-20/h1,3-6,8-9,14-17,22-23,25,27-28H,2,7,10-13,18-19H2,(H,29,30)/b6-1-/t22-,23+,25+,27+/m0/s1. The first-order chi connectivity index (χ1) is 15.2. The number of carboxylic acid groups (broad SMARTS) is 1. The van der Waals surface area contributed by atoms with E-state index < -0.39 is 5.97 Å². The number of carbonyl (C=O) groups is 1. The van der Waals surface area contributed by atoms with Crippen molar-refractivity contribution in [2.24, 2.45) is 17.8 Å². The number of nitrogens with one attached hydrogen (secondary N) is 1. The molecule has 164 valence electrons. The normalized spacial score (nSPS) is 24.6. The number of benzene rings is 2. The second-order valence-corrected chi connectivity index (χ2v) is 8.90. The van der Waals surface area contributed by atoms with Crippen LogP contribution < -0.4 is 10.1 Å². The molecule has 4 nitrogen and oxygen atoms in total. The van der Waals surface area contributed by atoms with Crippen LogP contribution in [-0.4, -0.2) is 23.8 Å². The predicted octanol–water partition coefficient (Wildman–Crippen LogP) is 5.90. The van der Waals surface area contributed by atoms with Crippen molar-refractivity contribution in [1.82, 2.24) is 5.32 Å². The number of unbranched alkanes of at least 4 members (excludes halogenated alkanes) is 1. The van der Waals surface area contributed by atoms with Crippen LogP contribution in [0.2, 0.25) is 0 Å². The van der Waals surface area contributed by atoms with Crippen molar-refractivity contribution < 1.29 is 14.6 Å². The van der Waals surface area contributed by atoms with E-state index in [0.717, 1.165) is 36.8 Å². The van der Waals surface area contributed by atoms with Crippen LogP contribution in [0.15, 0.2) is 66.7 Å². The van der Waals surface area contributed by atoms with E-state index in [1.807, 2.05) is 18.2 Å². The lowest BCUT2D eigenvalue weighted by Gasteiger charge is -2.31. The molecule has 0 spiro atoms. The maximum absolute atomic E-state index is 10.6. The average molecular weight is 420 g/mol. The molecule has 2 N–H and O–H groups in total. The molecule has 0 aliphatic heterocycles. The Morgan fingerprint density at radius 1 is 1.00 bits per heavy atom. The summed E-state index contributed by atoms with van der Waals surface area (Å²) in [6, 6.07) is 19.2. The van der Waals surface area contributed by atoms with Crippen molar-refractivity contribution in [2.75, 3.05) is 6.73 Å². The number of fused-ring (bicyclic) bond motifs is 2. The fraction of sp³-hybridized carbons (Fsp3) is 0.444. The van der Waals surface area contributed by atoms with Gasteiger partial charge in [-0.3, -0.25) is 10.1 Å². The Balaban J connectivity index is 1.24. The zero-order valence-electron chi connectivity index (χ0n) is 18.1. The van der Waals surface area contributed by atoms with Gasteiger partial charge < -0.3 is 9.84 Å². The van der Waals surface area contributed by atoms with E-state index in [1.54, 1.807) is 0 Å². The van der Waals surface area contributed by atoms with Gasteiger partial charge in [-0.1, -0.05) is 54.6 Å². The fourth-order valence-electron chi connectivity index (χ4n) is 5.41. The number of aliphatic carboxylic acids is 1. The van der Waals surface area contributed by atoms with E-state index in [0.29, 0.717) is 18.7 Å². The van der Waals surface area contributed by atoms with E-state index >= 15 is 0 Å². The molecule has 31 heavy (non-hydrogen) atoms. The molecule has 4 rings (SSSR count). The lowest BCUT2D eigenvalue weighted by molar-refractivity contribution is -0.137. The van der Waals surface area contributed by atoms with Crippen LogP contribution in [0.3, 0.4) is 0 Å². The van der Waals surface area contributed by atoms with Gasteiger partial charge in [-0.2, -0.15) is 0 Å². The van der Waals surface area contributed by atoms with E-state index in [4.69, 9.17) is 9.84 Å². The van der Waals surface area contributed by atoms with Gasteiger partial charge in [0.15, 0.2) is 0 Å². The third kappa shape index (κ3) is 5.76. The summed E-state index contributed by atoms with van der Waals surface area (Å²) < 4.78 is 6.01. The van der Waals surface area contributed by atoms with Gasteiger partial charge in [0.05, 0.1) is 0 Å². The van der Waals surface area contributed by atoms with Gasteiger partial charge in [0.1, 0.15) is 12.5 Å². The first-order valence-electron chi connectivity index (χ1n) is 11.6. The highest BCUT2D eigenvalue weighted by Gasteiger charge is 2.46. The minimum atomic E-state index is -0.708. The summed E-state index contributed by atoms with van der Waals surface area (Å²) in [5, 5.41) is 12.4. The molecular formula is C27H33NO3. The Labute approximate surface area is 185 Å². The summed E-state index contributed by atoms with van der Waals surface area (Å²) in [5.41, 5.74) is 2.41. The summed E-state index contributed by atoms with van der Waals surface area (Å²) in [4.78, 5) is 10.6. The van der Waals surface area contributed by atoms with Crippen LogP contribution in [0.25, 0.3) is 11.1 Å². The van der Waals surface area contributed by atoms with Crippen LogP contribution in [0, 0.1) is 17.8 Å². The molecular weight excluding hydrogens is 386 g/mol. The fourth-order valence-corrected chi connectivity index (χ4v) is 5.41. The molecule has 0 radical (unpaired) electrons. The van der Waals surface area contributed by atoms with Crippen LogP contribution in [0.4, 0.5) is 0 Å². The molecule has 2 aromatic rings. The SMILES string of the molecule is O=C(O)CCC/C=C\C[C@@H]1[C@H]2CC[C@H](C2)[C@H]1NCOc1ccc(-c2ccccc2)cc1. The van der Waals surface area contributed by atoms with Crippen LogP contribution in [0.1, 0.15) is 44.9 Å². The summed E-state index contributed by atoms with van der Waals surface area (Å²) in [6.45, 7) is 0.539. The first kappa shape index (κ1) is 21.6. The van der Waals surface area contributed by atoms with Crippen LogP contribution in [-0.2, 0) is 4.79 Å². The van der Waals surface area contributed by atoms with E-state index in [-0.39, 0.29) is 6.42 Å². The second-order valence-electron chi connectivity index (χ2n) is 8.90. The summed E-state index contributed by atoms with van der Waals surface area (Å²) in [6.07, 6.45) is 11.4. The highest BCUT2D eigenvalue weighted by atomic mass is 16.5. The number of hydrogen-bond acceptors (Lipinski definition) is 3. The lowest BCUT2D eigenvalue weighted by Crippen LogP contribution is -2.42. The molecule has 0 unspecified atom stereocenters. The van der Waals surface area contributed by atoms with Gasteiger partial charge in [0, 0.05) is 12.5 Å². The molecule has 4 heteroatoms.